The molecule has 6 amide bonds. The number of benzene rings is 3. The highest BCUT2D eigenvalue weighted by Crippen LogP contribution is 2.34. The van der Waals surface area contributed by atoms with E-state index in [4.69, 9.17) is 21.6 Å². The number of ether oxygens (including phenoxy) is 1. The summed E-state index contributed by atoms with van der Waals surface area (Å²) >= 11 is 6.14. The van der Waals surface area contributed by atoms with Gasteiger partial charge in [-0.3, -0.25) is 43.9 Å². The first-order valence-corrected chi connectivity index (χ1v) is 18.6. The maximum Gasteiger partial charge on any atom is 0.262 e. The molecule has 1 atom stereocenters. The first-order valence-electron chi connectivity index (χ1n) is 18.2. The van der Waals surface area contributed by atoms with Crippen LogP contribution < -0.4 is 15.4 Å². The maximum absolute atomic E-state index is 13.5. The second kappa shape index (κ2) is 14.3. The van der Waals surface area contributed by atoms with E-state index in [1.165, 1.54) is 0 Å². The van der Waals surface area contributed by atoms with Gasteiger partial charge in [-0.25, -0.2) is 0 Å². The van der Waals surface area contributed by atoms with Crippen LogP contribution in [0.1, 0.15) is 97.4 Å². The Morgan fingerprint density at radius 2 is 1.57 bits per heavy atom. The molecule has 2 fully saturated rings. The summed E-state index contributed by atoms with van der Waals surface area (Å²) in [5.74, 6) is -1.67. The zero-order valence-corrected chi connectivity index (χ0v) is 30.1. The highest BCUT2D eigenvalue weighted by atomic mass is 35.5. The van der Waals surface area contributed by atoms with Crippen molar-refractivity contribution in [1.29, 1.82) is 5.26 Å². The smallest absolute Gasteiger partial charge is 0.262 e. The van der Waals surface area contributed by atoms with Gasteiger partial charge in [0, 0.05) is 50.3 Å². The van der Waals surface area contributed by atoms with Gasteiger partial charge >= 0.3 is 0 Å². The monoisotopic (exact) mass is 748 g/mol. The van der Waals surface area contributed by atoms with Crippen molar-refractivity contribution in [1.82, 2.24) is 25.3 Å². The number of hydrogen-bond donors (Lipinski definition) is 2. The number of halogens is 1. The second-order valence-electron chi connectivity index (χ2n) is 14.6. The molecule has 5 aliphatic rings. The molecule has 3 aromatic rings. The average Bonchev–Trinajstić information content (AvgIpc) is 3.66. The largest absolute Gasteiger partial charge is 0.490 e. The molecule has 0 bridgehead atoms. The molecule has 0 aromatic heterocycles. The van der Waals surface area contributed by atoms with E-state index in [0.717, 1.165) is 52.8 Å². The Morgan fingerprint density at radius 3 is 2.24 bits per heavy atom. The molecular weight excluding hydrogens is 712 g/mol. The minimum atomic E-state index is -1.02. The summed E-state index contributed by atoms with van der Waals surface area (Å²) in [5, 5.41) is 14.8. The van der Waals surface area contributed by atoms with E-state index < -0.39 is 29.7 Å². The van der Waals surface area contributed by atoms with Crippen molar-refractivity contribution in [3.63, 3.8) is 0 Å². The fourth-order valence-corrected chi connectivity index (χ4v) is 8.41. The molecule has 1 unspecified atom stereocenters. The number of piperidine rings is 1. The summed E-state index contributed by atoms with van der Waals surface area (Å²) in [4.78, 5) is 82.0. The Labute approximate surface area is 316 Å². The normalized spacial score (nSPS) is 22.3. The Kier molecular flexibility index (Phi) is 9.41. The lowest BCUT2D eigenvalue weighted by Crippen LogP contribution is -2.54. The summed E-state index contributed by atoms with van der Waals surface area (Å²) in [6.07, 6.45) is 3.93. The summed E-state index contributed by atoms with van der Waals surface area (Å²) in [5.41, 5.74) is 5.25. The summed E-state index contributed by atoms with van der Waals surface area (Å²) < 4.78 is 6.08. The van der Waals surface area contributed by atoms with Crippen LogP contribution in [0.15, 0.2) is 48.5 Å². The van der Waals surface area contributed by atoms with Crippen LogP contribution in [0.3, 0.4) is 0 Å². The third-order valence-corrected chi connectivity index (χ3v) is 11.4. The highest BCUT2D eigenvalue weighted by molar-refractivity contribution is 6.31. The van der Waals surface area contributed by atoms with E-state index in [1.54, 1.807) is 30.3 Å². The van der Waals surface area contributed by atoms with E-state index in [2.05, 4.69) is 10.6 Å². The molecule has 1 aliphatic carbocycles. The van der Waals surface area contributed by atoms with Gasteiger partial charge in [-0.1, -0.05) is 17.7 Å². The van der Waals surface area contributed by atoms with Gasteiger partial charge < -0.3 is 15.0 Å². The number of nitriles is 1. The molecule has 3 aromatic carbocycles. The molecule has 0 spiro atoms. The molecule has 14 heteroatoms. The topological polar surface area (TPSA) is 169 Å². The maximum atomic E-state index is 13.5. The van der Waals surface area contributed by atoms with Crippen molar-refractivity contribution in [2.45, 2.75) is 82.8 Å². The Hall–Kier alpha value is -5.58. The molecule has 4 heterocycles. The van der Waals surface area contributed by atoms with Crippen LogP contribution in [0.4, 0.5) is 0 Å². The highest BCUT2D eigenvalue weighted by Gasteiger charge is 2.45. The zero-order chi connectivity index (χ0) is 37.7. The second-order valence-corrected chi connectivity index (χ2v) is 15.0. The van der Waals surface area contributed by atoms with Gasteiger partial charge in [-0.15, -0.1) is 0 Å². The summed E-state index contributed by atoms with van der Waals surface area (Å²) in [7, 11) is 0. The summed E-state index contributed by atoms with van der Waals surface area (Å²) in [6, 6.07) is 15.2. The number of imide groups is 2. The van der Waals surface area contributed by atoms with Gasteiger partial charge in [-0.05, 0) is 97.2 Å². The van der Waals surface area contributed by atoms with Crippen LogP contribution in [-0.2, 0) is 40.4 Å². The van der Waals surface area contributed by atoms with Crippen molar-refractivity contribution >= 4 is 47.0 Å². The third-order valence-electron chi connectivity index (χ3n) is 11.1. The van der Waals surface area contributed by atoms with Gasteiger partial charge in [0.15, 0.2) is 0 Å². The predicted molar refractivity (Wildman–Crippen MR) is 193 cm³/mol. The zero-order valence-electron chi connectivity index (χ0n) is 29.4. The number of nitrogens with one attached hydrogen (secondary N) is 2. The van der Waals surface area contributed by atoms with Crippen molar-refractivity contribution in [3.05, 3.63) is 98.1 Å². The average molecular weight is 749 g/mol. The summed E-state index contributed by atoms with van der Waals surface area (Å²) in [6.45, 7) is 2.03. The molecule has 4 aliphatic heterocycles. The van der Waals surface area contributed by atoms with Gasteiger partial charge in [0.05, 0.1) is 34.4 Å². The fraction of sp³-hybridized carbons (Fsp3) is 0.375. The molecule has 54 heavy (non-hydrogen) atoms. The van der Waals surface area contributed by atoms with Crippen LogP contribution in [0.5, 0.6) is 5.75 Å². The number of fused-ring (bicyclic) bond motifs is 3. The number of carbonyl (C=O) groups excluding carboxylic acids is 6. The van der Waals surface area contributed by atoms with Crippen LogP contribution in [0.25, 0.3) is 0 Å². The number of nitrogens with zero attached hydrogens (tertiary/aromatic N) is 4. The molecule has 1 saturated carbocycles. The van der Waals surface area contributed by atoms with E-state index in [9.17, 15) is 28.8 Å². The van der Waals surface area contributed by atoms with Crippen LogP contribution >= 0.6 is 11.6 Å². The SMILES string of the molecule is N#Cc1ccc(OC2CCC(NC(=O)c3ccc4c(c3)CCN(C(=O)CN3Cc5cc6c(cc5C3)C(=O)N(C3CCC(=O)NC3=O)C6=O)C4)CC2)cc1Cl. The molecule has 0 radical (unpaired) electrons. The van der Waals surface area contributed by atoms with Crippen molar-refractivity contribution in [2.75, 3.05) is 13.1 Å². The molecule has 276 valence electrons. The molecule has 13 nitrogen and oxygen atoms in total. The number of carbonyl (C=O) groups is 6. The van der Waals surface area contributed by atoms with Gasteiger partial charge in [0.25, 0.3) is 17.7 Å². The quantitative estimate of drug-likeness (QED) is 0.343. The van der Waals surface area contributed by atoms with Gasteiger partial charge in [0.1, 0.15) is 17.9 Å². The Balaban J connectivity index is 0.819. The molecular formula is C40H37ClN6O7. The first kappa shape index (κ1) is 35.4. The lowest BCUT2D eigenvalue weighted by molar-refractivity contribution is -0.136. The molecule has 8 rings (SSSR count). The van der Waals surface area contributed by atoms with Crippen LogP contribution in [0, 0.1) is 11.3 Å². The van der Waals surface area contributed by atoms with E-state index in [-0.39, 0.29) is 54.5 Å². The Bertz CT molecular complexity index is 2130. The van der Waals surface area contributed by atoms with Crippen LogP contribution in [0.2, 0.25) is 5.02 Å². The third kappa shape index (κ3) is 6.83. The van der Waals surface area contributed by atoms with Gasteiger partial charge in [0.2, 0.25) is 17.7 Å². The van der Waals surface area contributed by atoms with E-state index in [1.807, 2.05) is 34.1 Å². The minimum Gasteiger partial charge on any atom is -0.490 e. The van der Waals surface area contributed by atoms with E-state index in [0.29, 0.717) is 54.5 Å². The van der Waals surface area contributed by atoms with E-state index >= 15 is 0 Å². The molecule has 1 saturated heterocycles. The lowest BCUT2D eigenvalue weighted by Gasteiger charge is -2.31. The number of rotatable bonds is 7. The van der Waals surface area contributed by atoms with Gasteiger partial charge in [-0.2, -0.15) is 5.26 Å². The van der Waals surface area contributed by atoms with Crippen molar-refractivity contribution in [2.24, 2.45) is 0 Å². The minimum absolute atomic E-state index is 0.00868. The first-order chi connectivity index (χ1) is 26.0. The predicted octanol–water partition coefficient (Wildman–Crippen LogP) is 3.63. The molecule has 2 N–H and O–H groups in total. The van der Waals surface area contributed by atoms with Crippen molar-refractivity contribution < 1.29 is 33.5 Å². The standard InChI is InChI=1S/C40H37ClN6O7/c41-33-16-30(6-3-24(33)17-42)54-29-7-4-28(5-8-29)43-37(50)23-1-2-25-20-46(12-11-22(25)13-23)36(49)21-45-18-26-14-31-32(15-27(26)19-45)40(53)47(39(31)52)34-9-10-35(48)44-38(34)51/h1-3,6,13-16,28-29,34H,4-5,7-12,18-21H2,(H,43,50)(H,44,48,51). The fourth-order valence-electron chi connectivity index (χ4n) is 8.19. The van der Waals surface area contributed by atoms with Crippen molar-refractivity contribution in [3.8, 4) is 11.8 Å². The lowest BCUT2D eigenvalue weighted by atomic mass is 9.92. The Morgan fingerprint density at radius 1 is 0.852 bits per heavy atom. The van der Waals surface area contributed by atoms with Crippen LogP contribution in [-0.4, -0.2) is 81.4 Å². The number of amides is 6. The number of hydrogen-bond acceptors (Lipinski definition) is 9.